The first kappa shape index (κ1) is 23.2. The Kier molecular flexibility index (Phi) is 6.46. The van der Waals surface area contributed by atoms with Gasteiger partial charge in [-0.05, 0) is 25.2 Å². The molecule has 4 aromatic rings. The molecular formula is C25H27N9O2. The average Bonchev–Trinajstić information content (AvgIpc) is 3.30. The summed E-state index contributed by atoms with van der Waals surface area (Å²) in [7, 11) is 2.01. The first-order valence-electron chi connectivity index (χ1n) is 11.6. The number of fused-ring (bicyclic) bond motifs is 1. The molecule has 0 aliphatic carbocycles. The van der Waals surface area contributed by atoms with Gasteiger partial charge in [0.25, 0.3) is 5.91 Å². The highest BCUT2D eigenvalue weighted by atomic mass is 16.2. The summed E-state index contributed by atoms with van der Waals surface area (Å²) in [6, 6.07) is 9.29. The number of likely N-dealkylation sites (N-methyl/N-ethyl adjacent to an activating group) is 1. The van der Waals surface area contributed by atoms with Gasteiger partial charge in [0.05, 0.1) is 23.1 Å². The number of rotatable bonds is 7. The van der Waals surface area contributed by atoms with E-state index in [-0.39, 0.29) is 11.5 Å². The lowest BCUT2D eigenvalue weighted by atomic mass is 10.2. The molecule has 0 saturated carbocycles. The summed E-state index contributed by atoms with van der Waals surface area (Å²) in [5.41, 5.74) is 8.96. The summed E-state index contributed by atoms with van der Waals surface area (Å²) in [4.78, 5) is 41.5. The van der Waals surface area contributed by atoms with Crippen LogP contribution in [0.3, 0.4) is 0 Å². The number of nitrogens with two attached hydrogens (primary N) is 1. The SMILES string of the molecule is CN1CCC(=O)N(c2ccc(Nc3cc(NCc4cccn5ccnc45)c(C(N)=O)cn3)nc2)CC1. The quantitative estimate of drug-likeness (QED) is 0.363. The van der Waals surface area contributed by atoms with Gasteiger partial charge in [-0.3, -0.25) is 9.59 Å². The van der Waals surface area contributed by atoms with Crippen molar-refractivity contribution in [1.82, 2.24) is 24.3 Å². The van der Waals surface area contributed by atoms with E-state index in [0.717, 1.165) is 30.0 Å². The second kappa shape index (κ2) is 10.0. The number of nitrogens with zero attached hydrogens (tertiary/aromatic N) is 6. The lowest BCUT2D eigenvalue weighted by Gasteiger charge is -2.20. The molecule has 0 aromatic carbocycles. The van der Waals surface area contributed by atoms with Crippen molar-refractivity contribution in [2.75, 3.05) is 42.2 Å². The third kappa shape index (κ3) is 4.96. The minimum absolute atomic E-state index is 0.0901. The highest BCUT2D eigenvalue weighted by molar-refractivity contribution is 5.98. The van der Waals surface area contributed by atoms with Gasteiger partial charge in [0.1, 0.15) is 17.3 Å². The molecule has 5 rings (SSSR count). The van der Waals surface area contributed by atoms with Crippen molar-refractivity contribution >= 4 is 40.5 Å². The summed E-state index contributed by atoms with van der Waals surface area (Å²) >= 11 is 0. The Morgan fingerprint density at radius 1 is 1.06 bits per heavy atom. The van der Waals surface area contributed by atoms with Gasteiger partial charge < -0.3 is 30.6 Å². The maximum absolute atomic E-state index is 12.5. The second-order valence-electron chi connectivity index (χ2n) is 8.65. The summed E-state index contributed by atoms with van der Waals surface area (Å²) in [6.07, 6.45) is 9.13. The zero-order chi connectivity index (χ0) is 25.1. The molecule has 0 unspecified atom stereocenters. The normalized spacial score (nSPS) is 14.6. The molecule has 2 amide bonds. The van der Waals surface area contributed by atoms with Crippen LogP contribution in [0.4, 0.5) is 23.0 Å². The fourth-order valence-corrected chi connectivity index (χ4v) is 4.16. The van der Waals surface area contributed by atoms with Crippen molar-refractivity contribution in [2.24, 2.45) is 5.73 Å². The topological polar surface area (TPSA) is 134 Å². The number of carbonyl (C=O) groups excluding carboxylic acids is 2. The lowest BCUT2D eigenvalue weighted by Crippen LogP contribution is -2.32. The number of pyridine rings is 3. The van der Waals surface area contributed by atoms with E-state index in [2.05, 4.69) is 30.5 Å². The van der Waals surface area contributed by atoms with E-state index in [1.165, 1.54) is 6.20 Å². The van der Waals surface area contributed by atoms with Crippen molar-refractivity contribution in [2.45, 2.75) is 13.0 Å². The molecule has 11 heteroatoms. The Balaban J connectivity index is 1.32. The zero-order valence-electron chi connectivity index (χ0n) is 19.9. The minimum atomic E-state index is -0.578. The van der Waals surface area contributed by atoms with Gasteiger partial charge >= 0.3 is 0 Å². The summed E-state index contributed by atoms with van der Waals surface area (Å²) in [6.45, 7) is 2.63. The van der Waals surface area contributed by atoms with Gasteiger partial charge in [0.2, 0.25) is 5.91 Å². The van der Waals surface area contributed by atoms with E-state index in [4.69, 9.17) is 5.73 Å². The highest BCUT2D eigenvalue weighted by Crippen LogP contribution is 2.24. The molecule has 184 valence electrons. The number of carbonyl (C=O) groups is 2. The van der Waals surface area contributed by atoms with Gasteiger partial charge in [-0.25, -0.2) is 15.0 Å². The van der Waals surface area contributed by atoms with Crippen molar-refractivity contribution in [3.8, 4) is 0 Å². The first-order valence-corrected chi connectivity index (χ1v) is 11.6. The third-order valence-electron chi connectivity index (χ3n) is 6.17. The van der Waals surface area contributed by atoms with Crippen LogP contribution in [0.25, 0.3) is 5.65 Å². The first-order chi connectivity index (χ1) is 17.5. The maximum Gasteiger partial charge on any atom is 0.252 e. The van der Waals surface area contributed by atoms with Gasteiger partial charge in [-0.2, -0.15) is 0 Å². The van der Waals surface area contributed by atoms with Gasteiger partial charge in [-0.1, -0.05) is 6.07 Å². The van der Waals surface area contributed by atoms with Gasteiger partial charge in [0, 0.05) is 69.0 Å². The Morgan fingerprint density at radius 3 is 2.72 bits per heavy atom. The number of imidazole rings is 1. The molecule has 0 radical (unpaired) electrons. The van der Waals surface area contributed by atoms with Crippen LogP contribution in [0, 0.1) is 0 Å². The average molecular weight is 486 g/mol. The monoisotopic (exact) mass is 485 g/mol. The Hall–Kier alpha value is -4.51. The lowest BCUT2D eigenvalue weighted by molar-refractivity contribution is -0.118. The highest BCUT2D eigenvalue weighted by Gasteiger charge is 2.20. The van der Waals surface area contributed by atoms with Crippen molar-refractivity contribution in [3.63, 3.8) is 0 Å². The molecule has 5 heterocycles. The van der Waals surface area contributed by atoms with E-state index < -0.39 is 5.91 Å². The fourth-order valence-electron chi connectivity index (χ4n) is 4.16. The molecule has 0 bridgehead atoms. The molecule has 1 aliphatic rings. The van der Waals surface area contributed by atoms with E-state index in [1.54, 1.807) is 29.4 Å². The van der Waals surface area contributed by atoms with E-state index in [0.29, 0.717) is 36.8 Å². The Bertz CT molecular complexity index is 1400. The predicted octanol–water partition coefficient (Wildman–Crippen LogP) is 2.25. The van der Waals surface area contributed by atoms with E-state index >= 15 is 0 Å². The molecule has 36 heavy (non-hydrogen) atoms. The number of hydrogen-bond donors (Lipinski definition) is 3. The van der Waals surface area contributed by atoms with Crippen LogP contribution in [0.1, 0.15) is 22.3 Å². The molecule has 11 nitrogen and oxygen atoms in total. The number of nitrogens with one attached hydrogen (secondary N) is 2. The molecule has 0 atom stereocenters. The van der Waals surface area contributed by atoms with Crippen LogP contribution in [0.2, 0.25) is 0 Å². The number of anilines is 4. The number of primary amides is 1. The third-order valence-corrected chi connectivity index (χ3v) is 6.17. The van der Waals surface area contributed by atoms with Crippen LogP contribution < -0.4 is 21.3 Å². The molecular weight excluding hydrogens is 458 g/mol. The van der Waals surface area contributed by atoms with Crippen LogP contribution in [0.5, 0.6) is 0 Å². The van der Waals surface area contributed by atoms with Crippen molar-refractivity contribution in [1.29, 1.82) is 0 Å². The number of aromatic nitrogens is 4. The molecule has 4 N–H and O–H groups in total. The predicted molar refractivity (Wildman–Crippen MR) is 137 cm³/mol. The number of hydrogen-bond acceptors (Lipinski definition) is 8. The molecule has 0 spiro atoms. The summed E-state index contributed by atoms with van der Waals surface area (Å²) in [5, 5.41) is 6.44. The molecule has 1 aliphatic heterocycles. The summed E-state index contributed by atoms with van der Waals surface area (Å²) < 4.78 is 1.93. The minimum Gasteiger partial charge on any atom is -0.380 e. The van der Waals surface area contributed by atoms with Crippen LogP contribution >= 0.6 is 0 Å². The van der Waals surface area contributed by atoms with Crippen molar-refractivity contribution < 1.29 is 9.59 Å². The van der Waals surface area contributed by atoms with Gasteiger partial charge in [0.15, 0.2) is 0 Å². The standard InChI is InChI=1S/C25H27N9O2/c1-32-9-6-23(35)34(12-11-32)18-4-5-21(29-15-18)31-22-13-20(19(16-30-22)24(26)36)28-14-17-3-2-8-33-10-7-27-25(17)33/h2-5,7-8,10,13,15-16H,6,9,11-12,14H2,1H3,(H2,26,36)(H2,28,29,30,31). The fraction of sp³-hybridized carbons (Fsp3) is 0.240. The van der Waals surface area contributed by atoms with Crippen molar-refractivity contribution in [3.05, 3.63) is 72.4 Å². The van der Waals surface area contributed by atoms with Crippen LogP contribution in [-0.2, 0) is 11.3 Å². The maximum atomic E-state index is 12.5. The van der Waals surface area contributed by atoms with E-state index in [1.807, 2.05) is 42.0 Å². The second-order valence-corrected chi connectivity index (χ2v) is 8.65. The van der Waals surface area contributed by atoms with Crippen LogP contribution in [-0.4, -0.2) is 62.7 Å². The molecule has 1 saturated heterocycles. The number of amides is 2. The summed E-state index contributed by atoms with van der Waals surface area (Å²) in [5.74, 6) is 0.568. The van der Waals surface area contributed by atoms with Crippen LogP contribution in [0.15, 0.2) is 61.3 Å². The smallest absolute Gasteiger partial charge is 0.252 e. The molecule has 4 aromatic heterocycles. The van der Waals surface area contributed by atoms with E-state index in [9.17, 15) is 9.59 Å². The van der Waals surface area contributed by atoms with Gasteiger partial charge in [-0.15, -0.1) is 0 Å². The largest absolute Gasteiger partial charge is 0.380 e. The molecule has 1 fully saturated rings. The Morgan fingerprint density at radius 2 is 1.92 bits per heavy atom. The zero-order valence-corrected chi connectivity index (χ0v) is 19.9. The Labute approximate surface area is 208 Å².